The van der Waals surface area contributed by atoms with Gasteiger partial charge < -0.3 is 0 Å². The summed E-state index contributed by atoms with van der Waals surface area (Å²) in [7, 11) is 0. The van der Waals surface area contributed by atoms with Crippen LogP contribution in [0.5, 0.6) is 0 Å². The molecule has 0 aliphatic heterocycles. The van der Waals surface area contributed by atoms with Crippen LogP contribution in [0.2, 0.25) is 0 Å². The largest absolute Gasteiger partial charge is 0.295 e. The van der Waals surface area contributed by atoms with Crippen LogP contribution in [-0.4, -0.2) is 5.78 Å². The van der Waals surface area contributed by atoms with Crippen molar-refractivity contribution in [2.75, 3.05) is 0 Å². The molecule has 1 aliphatic rings. The van der Waals surface area contributed by atoms with Gasteiger partial charge >= 0.3 is 0 Å². The van der Waals surface area contributed by atoms with E-state index in [0.717, 1.165) is 6.42 Å². The molecular formula is C13H14O. The van der Waals surface area contributed by atoms with Crippen molar-refractivity contribution in [3.8, 4) is 0 Å². The summed E-state index contributed by atoms with van der Waals surface area (Å²) in [5.74, 6) is 0.651. The molecule has 1 aromatic rings. The Morgan fingerprint density at radius 1 is 1.29 bits per heavy atom. The van der Waals surface area contributed by atoms with E-state index in [9.17, 15) is 4.79 Å². The van der Waals surface area contributed by atoms with E-state index in [4.69, 9.17) is 0 Å². The highest BCUT2D eigenvalue weighted by Gasteiger charge is 2.18. The number of carbonyl (C=O) groups is 1. The zero-order valence-corrected chi connectivity index (χ0v) is 8.36. The molecule has 1 heteroatoms. The maximum absolute atomic E-state index is 11.3. The smallest absolute Gasteiger partial charge is 0.155 e. The molecule has 2 rings (SSSR count). The van der Waals surface area contributed by atoms with Crippen molar-refractivity contribution in [1.29, 1.82) is 0 Å². The van der Waals surface area contributed by atoms with Gasteiger partial charge in [-0.25, -0.2) is 0 Å². The first-order chi connectivity index (χ1) is 6.77. The number of hydrogen-bond acceptors (Lipinski definition) is 1. The lowest BCUT2D eigenvalue weighted by Crippen LogP contribution is -2.09. The Morgan fingerprint density at radius 3 is 2.79 bits per heavy atom. The molecule has 0 N–H and O–H groups in total. The minimum atomic E-state index is 0.254. The zero-order chi connectivity index (χ0) is 9.97. The molecule has 1 atom stereocenters. The molecule has 0 bridgehead atoms. The third kappa shape index (κ3) is 1.77. The van der Waals surface area contributed by atoms with Gasteiger partial charge in [0.15, 0.2) is 5.78 Å². The minimum absolute atomic E-state index is 0.254. The first kappa shape index (κ1) is 9.20. The molecule has 0 saturated carbocycles. The molecule has 14 heavy (non-hydrogen) atoms. The SMILES string of the molecule is Cc1ccccc1C1CC=CC(=O)C1. The number of carbonyl (C=O) groups excluding carboxylic acids is 1. The second kappa shape index (κ2) is 3.79. The minimum Gasteiger partial charge on any atom is -0.295 e. The number of rotatable bonds is 1. The third-order valence-corrected chi connectivity index (χ3v) is 2.80. The van der Waals surface area contributed by atoms with Gasteiger partial charge in [-0.1, -0.05) is 30.3 Å². The fourth-order valence-corrected chi connectivity index (χ4v) is 2.04. The molecule has 1 unspecified atom stereocenters. The van der Waals surface area contributed by atoms with E-state index in [1.54, 1.807) is 6.08 Å². The summed E-state index contributed by atoms with van der Waals surface area (Å²) in [4.78, 5) is 11.3. The number of aryl methyl sites for hydroxylation is 1. The Labute approximate surface area is 84.5 Å². The summed E-state index contributed by atoms with van der Waals surface area (Å²) in [5.41, 5.74) is 2.62. The third-order valence-electron chi connectivity index (χ3n) is 2.80. The average Bonchev–Trinajstić information content (AvgIpc) is 2.18. The lowest BCUT2D eigenvalue weighted by Gasteiger charge is -2.19. The molecule has 0 heterocycles. The highest BCUT2D eigenvalue weighted by Crippen LogP contribution is 2.29. The van der Waals surface area contributed by atoms with Gasteiger partial charge in [-0.2, -0.15) is 0 Å². The number of allylic oxidation sites excluding steroid dienone is 2. The average molecular weight is 186 g/mol. The zero-order valence-electron chi connectivity index (χ0n) is 8.36. The van der Waals surface area contributed by atoms with Crippen molar-refractivity contribution in [3.05, 3.63) is 47.5 Å². The fourth-order valence-electron chi connectivity index (χ4n) is 2.04. The first-order valence-electron chi connectivity index (χ1n) is 5.02. The maximum Gasteiger partial charge on any atom is 0.155 e. The number of ketones is 1. The van der Waals surface area contributed by atoms with Gasteiger partial charge in [-0.05, 0) is 36.5 Å². The topological polar surface area (TPSA) is 17.1 Å². The fraction of sp³-hybridized carbons (Fsp3) is 0.308. The van der Waals surface area contributed by atoms with Gasteiger partial charge in [0.05, 0.1) is 0 Å². The van der Waals surface area contributed by atoms with Crippen molar-refractivity contribution in [3.63, 3.8) is 0 Å². The molecule has 1 aliphatic carbocycles. The second-order valence-corrected chi connectivity index (χ2v) is 3.86. The molecule has 0 saturated heterocycles. The lowest BCUT2D eigenvalue weighted by atomic mass is 9.85. The standard InChI is InChI=1S/C13H14O/c1-10-5-2-3-8-13(10)11-6-4-7-12(14)9-11/h2-5,7-8,11H,6,9H2,1H3. The van der Waals surface area contributed by atoms with E-state index >= 15 is 0 Å². The van der Waals surface area contributed by atoms with E-state index < -0.39 is 0 Å². The Hall–Kier alpha value is -1.37. The molecular weight excluding hydrogens is 172 g/mol. The molecule has 72 valence electrons. The highest BCUT2D eigenvalue weighted by molar-refractivity contribution is 5.91. The Morgan fingerprint density at radius 2 is 2.07 bits per heavy atom. The monoisotopic (exact) mass is 186 g/mol. The Bertz CT molecular complexity index is 377. The van der Waals surface area contributed by atoms with Crippen LogP contribution in [-0.2, 0) is 4.79 Å². The van der Waals surface area contributed by atoms with Crippen molar-refractivity contribution in [2.45, 2.75) is 25.7 Å². The van der Waals surface area contributed by atoms with Crippen molar-refractivity contribution in [1.82, 2.24) is 0 Å². The molecule has 1 aromatic carbocycles. The summed E-state index contributed by atoms with van der Waals surface area (Å²) < 4.78 is 0. The molecule has 1 nitrogen and oxygen atoms in total. The van der Waals surface area contributed by atoms with Crippen LogP contribution in [0.1, 0.15) is 29.9 Å². The summed E-state index contributed by atoms with van der Waals surface area (Å²) in [6.45, 7) is 2.11. The van der Waals surface area contributed by atoms with Crippen LogP contribution in [0, 0.1) is 6.92 Å². The van der Waals surface area contributed by atoms with E-state index in [2.05, 4.69) is 19.1 Å². The molecule has 0 aromatic heterocycles. The van der Waals surface area contributed by atoms with Crippen molar-refractivity contribution < 1.29 is 4.79 Å². The molecule has 0 fully saturated rings. The lowest BCUT2D eigenvalue weighted by molar-refractivity contribution is -0.115. The van der Waals surface area contributed by atoms with Gasteiger partial charge in [0.25, 0.3) is 0 Å². The van der Waals surface area contributed by atoms with Crippen LogP contribution in [0.15, 0.2) is 36.4 Å². The van der Waals surface area contributed by atoms with Crippen LogP contribution >= 0.6 is 0 Å². The normalized spacial score (nSPS) is 21.2. The Balaban J connectivity index is 2.28. The van der Waals surface area contributed by atoms with Crippen LogP contribution < -0.4 is 0 Å². The van der Waals surface area contributed by atoms with E-state index in [1.165, 1.54) is 11.1 Å². The van der Waals surface area contributed by atoms with Gasteiger partial charge in [0, 0.05) is 6.42 Å². The summed E-state index contributed by atoms with van der Waals surface area (Å²) in [5, 5.41) is 0. The van der Waals surface area contributed by atoms with Crippen LogP contribution in [0.25, 0.3) is 0 Å². The predicted octanol–water partition coefficient (Wildman–Crippen LogP) is 3.00. The van der Waals surface area contributed by atoms with Gasteiger partial charge in [0.1, 0.15) is 0 Å². The van der Waals surface area contributed by atoms with Gasteiger partial charge in [-0.15, -0.1) is 0 Å². The van der Waals surface area contributed by atoms with Gasteiger partial charge in [-0.3, -0.25) is 4.79 Å². The van der Waals surface area contributed by atoms with Crippen LogP contribution in [0.4, 0.5) is 0 Å². The van der Waals surface area contributed by atoms with Crippen molar-refractivity contribution in [2.24, 2.45) is 0 Å². The van der Waals surface area contributed by atoms with E-state index in [0.29, 0.717) is 12.3 Å². The van der Waals surface area contributed by atoms with E-state index in [-0.39, 0.29) is 5.78 Å². The van der Waals surface area contributed by atoms with Crippen molar-refractivity contribution >= 4 is 5.78 Å². The van der Waals surface area contributed by atoms with E-state index in [1.807, 2.05) is 18.2 Å². The summed E-state index contributed by atoms with van der Waals surface area (Å²) >= 11 is 0. The number of benzene rings is 1. The maximum atomic E-state index is 11.3. The quantitative estimate of drug-likeness (QED) is 0.659. The Kier molecular flexibility index (Phi) is 2.49. The number of hydrogen-bond donors (Lipinski definition) is 0. The first-order valence-corrected chi connectivity index (χ1v) is 5.02. The molecule has 0 spiro atoms. The molecule has 0 radical (unpaired) electrons. The summed E-state index contributed by atoms with van der Waals surface area (Å²) in [6.07, 6.45) is 5.36. The van der Waals surface area contributed by atoms with Gasteiger partial charge in [0.2, 0.25) is 0 Å². The highest BCUT2D eigenvalue weighted by atomic mass is 16.1. The summed E-state index contributed by atoms with van der Waals surface area (Å²) in [6, 6.07) is 8.33. The predicted molar refractivity (Wildman–Crippen MR) is 57.3 cm³/mol. The second-order valence-electron chi connectivity index (χ2n) is 3.86. The molecule has 0 amide bonds. The van der Waals surface area contributed by atoms with Crippen LogP contribution in [0.3, 0.4) is 0 Å².